The Morgan fingerprint density at radius 2 is 1.79 bits per heavy atom. The highest BCUT2D eigenvalue weighted by molar-refractivity contribution is 6.30. The first-order chi connectivity index (χ1) is 16.3. The number of amides is 1. The fourth-order valence-corrected chi connectivity index (χ4v) is 3.74. The van der Waals surface area contributed by atoms with Crippen LogP contribution in [0.3, 0.4) is 0 Å². The lowest BCUT2D eigenvalue weighted by molar-refractivity contribution is -0.116. The van der Waals surface area contributed by atoms with E-state index in [4.69, 9.17) is 16.3 Å². The van der Waals surface area contributed by atoms with Gasteiger partial charge in [-0.3, -0.25) is 4.79 Å². The minimum absolute atomic E-state index is 0.0649. The van der Waals surface area contributed by atoms with Gasteiger partial charge >= 0.3 is 0 Å². The van der Waals surface area contributed by atoms with Crippen molar-refractivity contribution in [1.29, 1.82) is 0 Å². The van der Waals surface area contributed by atoms with Crippen LogP contribution in [-0.2, 0) is 11.2 Å². The van der Waals surface area contributed by atoms with Crippen LogP contribution in [0.1, 0.15) is 34.8 Å². The zero-order valence-corrected chi connectivity index (χ0v) is 20.3. The maximum absolute atomic E-state index is 12.3. The molecule has 0 aliphatic rings. The number of rotatable bonds is 7. The summed E-state index contributed by atoms with van der Waals surface area (Å²) in [5, 5.41) is 8.15. The smallest absolute Gasteiger partial charge is 0.224 e. The molecule has 0 spiro atoms. The van der Waals surface area contributed by atoms with Crippen LogP contribution in [0.5, 0.6) is 11.6 Å². The molecule has 8 heteroatoms. The molecule has 4 rings (SSSR count). The molecule has 174 valence electrons. The van der Waals surface area contributed by atoms with Gasteiger partial charge in [0.1, 0.15) is 11.6 Å². The molecule has 0 aliphatic carbocycles. The van der Waals surface area contributed by atoms with Gasteiger partial charge in [-0.15, -0.1) is 0 Å². The first kappa shape index (κ1) is 23.4. The van der Waals surface area contributed by atoms with Gasteiger partial charge in [-0.2, -0.15) is 10.1 Å². The Bertz CT molecular complexity index is 1330. The molecule has 1 amide bonds. The molecule has 0 atom stereocenters. The molecule has 0 fully saturated rings. The van der Waals surface area contributed by atoms with E-state index >= 15 is 0 Å². The Morgan fingerprint density at radius 3 is 2.47 bits per heavy atom. The van der Waals surface area contributed by atoms with Crippen molar-refractivity contribution in [2.45, 2.75) is 40.5 Å². The number of ether oxygens (including phenoxy) is 1. The summed E-state index contributed by atoms with van der Waals surface area (Å²) in [7, 11) is 0. The molecular weight excluding hydrogens is 450 g/mol. The Balaban J connectivity index is 1.40. The van der Waals surface area contributed by atoms with Crippen molar-refractivity contribution in [2.75, 3.05) is 5.32 Å². The lowest BCUT2D eigenvalue weighted by atomic mass is 10.1. The van der Waals surface area contributed by atoms with E-state index in [2.05, 4.69) is 20.4 Å². The summed E-state index contributed by atoms with van der Waals surface area (Å²) in [5.41, 5.74) is 4.84. The first-order valence-electron chi connectivity index (χ1n) is 11.0. The molecule has 7 nitrogen and oxygen atoms in total. The topological polar surface area (TPSA) is 81.9 Å². The van der Waals surface area contributed by atoms with E-state index < -0.39 is 0 Å². The summed E-state index contributed by atoms with van der Waals surface area (Å²) in [4.78, 5) is 21.2. The number of nitrogens with zero attached hydrogens (tertiary/aromatic N) is 4. The van der Waals surface area contributed by atoms with E-state index in [-0.39, 0.29) is 5.91 Å². The molecule has 4 aromatic rings. The number of hydrogen-bond acceptors (Lipinski definition) is 5. The molecule has 34 heavy (non-hydrogen) atoms. The number of aryl methyl sites for hydroxylation is 3. The van der Waals surface area contributed by atoms with Gasteiger partial charge in [0.15, 0.2) is 5.82 Å². The van der Waals surface area contributed by atoms with E-state index in [1.54, 1.807) is 35.0 Å². The highest BCUT2D eigenvalue weighted by Crippen LogP contribution is 2.24. The second-order valence-electron chi connectivity index (χ2n) is 8.12. The number of nitrogens with one attached hydrogen (secondary N) is 1. The van der Waals surface area contributed by atoms with Gasteiger partial charge in [0, 0.05) is 28.9 Å². The van der Waals surface area contributed by atoms with Gasteiger partial charge < -0.3 is 10.1 Å². The molecule has 2 aromatic heterocycles. The average Bonchev–Trinajstić information content (AvgIpc) is 3.06. The van der Waals surface area contributed by atoms with Crippen molar-refractivity contribution in [1.82, 2.24) is 19.7 Å². The third-order valence-corrected chi connectivity index (χ3v) is 5.80. The Kier molecular flexibility index (Phi) is 6.93. The van der Waals surface area contributed by atoms with Crippen molar-refractivity contribution in [3.8, 4) is 17.4 Å². The first-order valence-corrected chi connectivity index (χ1v) is 11.4. The zero-order valence-electron chi connectivity index (χ0n) is 19.6. The minimum atomic E-state index is -0.0649. The number of halogens is 1. The van der Waals surface area contributed by atoms with Gasteiger partial charge in [0.2, 0.25) is 11.8 Å². The number of carbonyl (C=O) groups is 1. The second kappa shape index (κ2) is 10.1. The number of aromatic nitrogens is 4. The average molecular weight is 476 g/mol. The summed E-state index contributed by atoms with van der Waals surface area (Å²) in [5.74, 6) is 2.20. The van der Waals surface area contributed by atoms with Crippen molar-refractivity contribution < 1.29 is 9.53 Å². The third kappa shape index (κ3) is 5.61. The fourth-order valence-electron chi connectivity index (χ4n) is 3.53. The zero-order chi connectivity index (χ0) is 24.2. The fraction of sp³-hybridized carbons (Fsp3) is 0.231. The van der Waals surface area contributed by atoms with Crippen molar-refractivity contribution in [3.05, 3.63) is 88.0 Å². The number of hydrogen-bond donors (Lipinski definition) is 1. The lowest BCUT2D eigenvalue weighted by Gasteiger charge is -2.10. The molecule has 1 N–H and O–H groups in total. The van der Waals surface area contributed by atoms with Crippen LogP contribution in [0.2, 0.25) is 5.02 Å². The maximum atomic E-state index is 12.3. The summed E-state index contributed by atoms with van der Waals surface area (Å²) in [6.07, 6.45) is 0.991. The van der Waals surface area contributed by atoms with Gasteiger partial charge in [-0.1, -0.05) is 23.7 Å². The van der Waals surface area contributed by atoms with Crippen LogP contribution in [-0.4, -0.2) is 25.7 Å². The van der Waals surface area contributed by atoms with Crippen LogP contribution in [0.4, 0.5) is 5.69 Å². The van der Waals surface area contributed by atoms with E-state index in [9.17, 15) is 4.79 Å². The standard InChI is InChI=1S/C26H26ClN5O2/c1-16-17(2)31-32(18(16)3)24-15-26(29-19(4)28-24)34-23-11-9-22(10-12-23)30-25(33)13-8-20-6-5-7-21(27)14-20/h5-7,9-12,14-15H,8,13H2,1-4H3,(H,30,33). The predicted molar refractivity (Wildman–Crippen MR) is 133 cm³/mol. The predicted octanol–water partition coefficient (Wildman–Crippen LogP) is 5.91. The second-order valence-corrected chi connectivity index (χ2v) is 8.56. The molecule has 0 saturated heterocycles. The highest BCUT2D eigenvalue weighted by Gasteiger charge is 2.13. The SMILES string of the molecule is Cc1nc(Oc2ccc(NC(=O)CCc3cccc(Cl)c3)cc2)cc(-n2nc(C)c(C)c2C)n1. The lowest BCUT2D eigenvalue weighted by Crippen LogP contribution is -2.12. The van der Waals surface area contributed by atoms with E-state index in [1.165, 1.54) is 0 Å². The van der Waals surface area contributed by atoms with Crippen molar-refractivity contribution in [2.24, 2.45) is 0 Å². The van der Waals surface area contributed by atoms with Gasteiger partial charge in [-0.25, -0.2) is 9.67 Å². The van der Waals surface area contributed by atoms with Gasteiger partial charge in [0.25, 0.3) is 0 Å². The molecule has 2 aromatic carbocycles. The van der Waals surface area contributed by atoms with Crippen LogP contribution in [0.25, 0.3) is 5.82 Å². The largest absolute Gasteiger partial charge is 0.439 e. The Hall–Kier alpha value is -3.71. The molecular formula is C26H26ClN5O2. The van der Waals surface area contributed by atoms with E-state index in [0.717, 1.165) is 22.5 Å². The molecule has 0 radical (unpaired) electrons. The normalized spacial score (nSPS) is 10.9. The number of anilines is 1. The summed E-state index contributed by atoms with van der Waals surface area (Å²) < 4.78 is 7.76. The van der Waals surface area contributed by atoms with Crippen molar-refractivity contribution >= 4 is 23.2 Å². The number of carbonyl (C=O) groups excluding carboxylic acids is 1. The maximum Gasteiger partial charge on any atom is 0.224 e. The third-order valence-electron chi connectivity index (χ3n) is 5.56. The van der Waals surface area contributed by atoms with Crippen LogP contribution >= 0.6 is 11.6 Å². The molecule has 0 aliphatic heterocycles. The molecule has 0 saturated carbocycles. The Morgan fingerprint density at radius 1 is 1.03 bits per heavy atom. The monoisotopic (exact) mass is 475 g/mol. The molecule has 0 unspecified atom stereocenters. The summed E-state index contributed by atoms with van der Waals surface area (Å²) in [6.45, 7) is 7.84. The van der Waals surface area contributed by atoms with Crippen molar-refractivity contribution in [3.63, 3.8) is 0 Å². The number of benzene rings is 2. The molecule has 0 bridgehead atoms. The van der Waals surface area contributed by atoms with Crippen LogP contribution in [0, 0.1) is 27.7 Å². The Labute approximate surface area is 203 Å². The van der Waals surface area contributed by atoms with E-state index in [0.29, 0.717) is 46.8 Å². The quantitative estimate of drug-likeness (QED) is 0.359. The van der Waals surface area contributed by atoms with E-state index in [1.807, 2.05) is 52.0 Å². The summed E-state index contributed by atoms with van der Waals surface area (Å²) >= 11 is 6.00. The summed E-state index contributed by atoms with van der Waals surface area (Å²) in [6, 6.07) is 16.5. The van der Waals surface area contributed by atoms with Crippen LogP contribution in [0.15, 0.2) is 54.6 Å². The van der Waals surface area contributed by atoms with Gasteiger partial charge in [0.05, 0.1) is 5.69 Å². The molecule has 2 heterocycles. The van der Waals surface area contributed by atoms with Crippen LogP contribution < -0.4 is 10.1 Å². The minimum Gasteiger partial charge on any atom is -0.439 e. The highest BCUT2D eigenvalue weighted by atomic mass is 35.5. The van der Waals surface area contributed by atoms with Gasteiger partial charge in [-0.05, 0) is 81.6 Å².